The van der Waals surface area contributed by atoms with Crippen LogP contribution in [0.5, 0.6) is 0 Å². The smallest absolute Gasteiger partial charge is 0.261 e. The van der Waals surface area contributed by atoms with Crippen LogP contribution in [0.15, 0.2) is 46.6 Å². The molecule has 1 aromatic carbocycles. The minimum absolute atomic E-state index is 0.0428. The largest absolute Gasteiger partial charge is 0.351 e. The van der Waals surface area contributed by atoms with E-state index in [9.17, 15) is 14.0 Å². The zero-order valence-corrected chi connectivity index (χ0v) is 14.3. The monoisotopic (exact) mass is 357 g/mol. The van der Waals surface area contributed by atoms with Crippen molar-refractivity contribution in [1.29, 1.82) is 0 Å². The number of aromatic amines is 1. The fourth-order valence-corrected chi connectivity index (χ4v) is 3.12. The topological polar surface area (TPSA) is 74.8 Å². The summed E-state index contributed by atoms with van der Waals surface area (Å²) in [6.45, 7) is 2.33. The number of amides is 1. The van der Waals surface area contributed by atoms with Crippen molar-refractivity contribution < 1.29 is 9.18 Å². The van der Waals surface area contributed by atoms with E-state index in [1.165, 1.54) is 18.2 Å². The molecule has 25 heavy (non-hydrogen) atoms. The molecule has 2 heterocycles. The van der Waals surface area contributed by atoms with Crippen LogP contribution in [0.1, 0.15) is 21.1 Å². The molecule has 3 rings (SSSR count). The fourth-order valence-electron chi connectivity index (χ4n) is 2.35. The molecule has 0 aliphatic rings. The van der Waals surface area contributed by atoms with Crippen LogP contribution in [0.2, 0.25) is 0 Å². The van der Waals surface area contributed by atoms with E-state index >= 15 is 0 Å². The number of nitrogens with one attached hydrogen (secondary N) is 2. The summed E-state index contributed by atoms with van der Waals surface area (Å²) < 4.78 is 13.0. The molecule has 0 saturated carbocycles. The van der Waals surface area contributed by atoms with E-state index < -0.39 is 11.5 Å². The summed E-state index contributed by atoms with van der Waals surface area (Å²) in [6.07, 6.45) is 0.621. The molecule has 0 fully saturated rings. The Balaban J connectivity index is 1.66. The molecule has 3 aromatic rings. The number of nitrogens with zero attached hydrogens (tertiary/aromatic N) is 1. The molecule has 2 aromatic heterocycles. The number of rotatable bonds is 5. The lowest BCUT2D eigenvalue weighted by Gasteiger charge is -2.06. The van der Waals surface area contributed by atoms with Gasteiger partial charge in [-0.1, -0.05) is 0 Å². The van der Waals surface area contributed by atoms with Gasteiger partial charge in [-0.05, 0) is 48.9 Å². The first-order valence-electron chi connectivity index (χ1n) is 7.71. The first-order chi connectivity index (χ1) is 12.0. The van der Waals surface area contributed by atoms with Crippen LogP contribution in [-0.4, -0.2) is 22.4 Å². The maximum atomic E-state index is 13.0. The van der Waals surface area contributed by atoms with Crippen molar-refractivity contribution in [2.75, 3.05) is 6.54 Å². The van der Waals surface area contributed by atoms with E-state index in [1.807, 2.05) is 12.3 Å². The summed E-state index contributed by atoms with van der Waals surface area (Å²) in [6, 6.07) is 8.87. The first-order valence-corrected chi connectivity index (χ1v) is 8.59. The number of halogens is 1. The maximum Gasteiger partial charge on any atom is 0.261 e. The van der Waals surface area contributed by atoms with Crippen molar-refractivity contribution in [3.8, 4) is 11.3 Å². The fraction of sp³-hybridized carbons (Fsp3) is 0.167. The molecule has 0 saturated heterocycles. The van der Waals surface area contributed by atoms with E-state index in [0.717, 1.165) is 10.7 Å². The third-order valence-corrected chi connectivity index (χ3v) is 4.63. The van der Waals surface area contributed by atoms with Crippen LogP contribution < -0.4 is 10.9 Å². The Morgan fingerprint density at radius 3 is 2.64 bits per heavy atom. The second kappa shape index (κ2) is 7.40. The highest BCUT2D eigenvalue weighted by Gasteiger charge is 2.11. The molecule has 0 aliphatic heterocycles. The Morgan fingerprint density at radius 2 is 2.00 bits per heavy atom. The predicted molar refractivity (Wildman–Crippen MR) is 95.3 cm³/mol. The molecule has 0 radical (unpaired) electrons. The lowest BCUT2D eigenvalue weighted by molar-refractivity contribution is 0.0952. The number of hydrogen-bond donors (Lipinski definition) is 2. The molecule has 2 N–H and O–H groups in total. The zero-order chi connectivity index (χ0) is 17.8. The first kappa shape index (κ1) is 17.0. The van der Waals surface area contributed by atoms with Gasteiger partial charge in [0.1, 0.15) is 11.4 Å². The van der Waals surface area contributed by atoms with Crippen molar-refractivity contribution in [1.82, 2.24) is 15.3 Å². The van der Waals surface area contributed by atoms with Gasteiger partial charge in [-0.3, -0.25) is 9.59 Å². The van der Waals surface area contributed by atoms with E-state index in [0.29, 0.717) is 24.2 Å². The quantitative estimate of drug-likeness (QED) is 0.737. The summed E-state index contributed by atoms with van der Waals surface area (Å²) in [4.78, 5) is 31.3. The third-order valence-electron chi connectivity index (χ3n) is 3.60. The molecule has 1 amide bonds. The Kier molecular flexibility index (Phi) is 5.04. The Labute approximate surface area is 147 Å². The number of carbonyl (C=O) groups is 1. The average molecular weight is 357 g/mol. The SMILES string of the molecule is Cc1csc(CCNC(=O)c2ccc(-c3ccc(F)cc3)[nH]c2=O)n1. The van der Waals surface area contributed by atoms with Gasteiger partial charge in [0.05, 0.1) is 5.01 Å². The lowest BCUT2D eigenvalue weighted by atomic mass is 10.1. The average Bonchev–Trinajstić information content (AvgIpc) is 3.00. The normalized spacial score (nSPS) is 10.6. The van der Waals surface area contributed by atoms with Crippen LogP contribution >= 0.6 is 11.3 Å². The predicted octanol–water partition coefficient (Wildman–Crippen LogP) is 2.92. The molecular formula is C18H16FN3O2S. The summed E-state index contributed by atoms with van der Waals surface area (Å²) >= 11 is 1.54. The summed E-state index contributed by atoms with van der Waals surface area (Å²) in [5.41, 5.74) is 1.72. The molecule has 7 heteroatoms. The standard InChI is InChI=1S/C18H16FN3O2S/c1-11-10-25-16(21-11)8-9-20-17(23)14-6-7-15(22-18(14)24)12-2-4-13(19)5-3-12/h2-7,10H,8-9H2,1H3,(H,20,23)(H,22,24). The molecule has 0 unspecified atom stereocenters. The van der Waals surface area contributed by atoms with Crippen molar-refractivity contribution >= 4 is 17.2 Å². The Hall–Kier alpha value is -2.80. The van der Waals surface area contributed by atoms with E-state index in [1.54, 1.807) is 29.5 Å². The second-order valence-corrected chi connectivity index (χ2v) is 6.45. The number of carbonyl (C=O) groups excluding carboxylic acids is 1. The molecule has 0 bridgehead atoms. The lowest BCUT2D eigenvalue weighted by Crippen LogP contribution is -2.31. The zero-order valence-electron chi connectivity index (χ0n) is 13.5. The van der Waals surface area contributed by atoms with Crippen LogP contribution in [0.4, 0.5) is 4.39 Å². The number of hydrogen-bond acceptors (Lipinski definition) is 4. The number of aryl methyl sites for hydroxylation is 1. The van der Waals surface area contributed by atoms with Crippen molar-refractivity contribution in [3.63, 3.8) is 0 Å². The van der Waals surface area contributed by atoms with Gasteiger partial charge in [-0.15, -0.1) is 11.3 Å². The Morgan fingerprint density at radius 1 is 1.24 bits per heavy atom. The molecular weight excluding hydrogens is 341 g/mol. The summed E-state index contributed by atoms with van der Waals surface area (Å²) in [5.74, 6) is -0.780. The van der Waals surface area contributed by atoms with Gasteiger partial charge in [0.25, 0.3) is 11.5 Å². The van der Waals surface area contributed by atoms with Crippen LogP contribution in [0.25, 0.3) is 11.3 Å². The van der Waals surface area contributed by atoms with Crippen LogP contribution in [-0.2, 0) is 6.42 Å². The third kappa shape index (κ3) is 4.19. The Bertz CT molecular complexity index is 947. The molecule has 5 nitrogen and oxygen atoms in total. The minimum Gasteiger partial charge on any atom is -0.351 e. The van der Waals surface area contributed by atoms with Crippen molar-refractivity contribution in [3.05, 3.63) is 74.2 Å². The van der Waals surface area contributed by atoms with Crippen molar-refractivity contribution in [2.45, 2.75) is 13.3 Å². The molecule has 0 aliphatic carbocycles. The van der Waals surface area contributed by atoms with E-state index in [2.05, 4.69) is 15.3 Å². The molecule has 128 valence electrons. The van der Waals surface area contributed by atoms with Gasteiger partial charge in [0.15, 0.2) is 0 Å². The number of H-pyrrole nitrogens is 1. The van der Waals surface area contributed by atoms with Crippen LogP contribution in [0.3, 0.4) is 0 Å². The minimum atomic E-state index is -0.482. The maximum absolute atomic E-state index is 13.0. The highest BCUT2D eigenvalue weighted by Crippen LogP contribution is 2.16. The van der Waals surface area contributed by atoms with Crippen molar-refractivity contribution in [2.24, 2.45) is 0 Å². The van der Waals surface area contributed by atoms with Gasteiger partial charge in [-0.25, -0.2) is 9.37 Å². The summed E-state index contributed by atoms with van der Waals surface area (Å²) in [7, 11) is 0. The van der Waals surface area contributed by atoms with E-state index in [4.69, 9.17) is 0 Å². The molecule has 0 atom stereocenters. The van der Waals surface area contributed by atoms with Gasteiger partial charge in [0, 0.05) is 29.7 Å². The number of benzene rings is 1. The van der Waals surface area contributed by atoms with Gasteiger partial charge in [-0.2, -0.15) is 0 Å². The van der Waals surface area contributed by atoms with Gasteiger partial charge < -0.3 is 10.3 Å². The molecule has 0 spiro atoms. The highest BCUT2D eigenvalue weighted by atomic mass is 32.1. The number of thiazole rings is 1. The van der Waals surface area contributed by atoms with Crippen LogP contribution in [0, 0.1) is 12.7 Å². The number of pyridine rings is 1. The van der Waals surface area contributed by atoms with E-state index in [-0.39, 0.29) is 11.4 Å². The number of aromatic nitrogens is 2. The van der Waals surface area contributed by atoms with Gasteiger partial charge in [0.2, 0.25) is 0 Å². The summed E-state index contributed by atoms with van der Waals surface area (Å²) in [5, 5.41) is 5.62. The van der Waals surface area contributed by atoms with Gasteiger partial charge >= 0.3 is 0 Å². The second-order valence-electron chi connectivity index (χ2n) is 5.51. The highest BCUT2D eigenvalue weighted by molar-refractivity contribution is 7.09.